The number of carbonyl (C=O) groups is 2. The molecular weight excluding hydrogens is 339 g/mol. The molecule has 25 heavy (non-hydrogen) atoms. The van der Waals surface area contributed by atoms with Gasteiger partial charge in [-0.25, -0.2) is 13.2 Å². The van der Waals surface area contributed by atoms with Gasteiger partial charge in [-0.2, -0.15) is 0 Å². The Hall–Kier alpha value is -3.03. The van der Waals surface area contributed by atoms with Gasteiger partial charge >= 0.3 is 5.97 Å². The lowest BCUT2D eigenvalue weighted by Gasteiger charge is -2.08. The van der Waals surface area contributed by atoms with Gasteiger partial charge in [0.15, 0.2) is 18.2 Å². The minimum absolute atomic E-state index is 0.0358. The third-order valence-corrected chi connectivity index (χ3v) is 3.13. The van der Waals surface area contributed by atoms with Crippen LogP contribution in [0, 0.1) is 17.5 Å². The quantitative estimate of drug-likeness (QED) is 0.811. The molecule has 8 heteroatoms. The minimum atomic E-state index is -0.834. The van der Waals surface area contributed by atoms with Crippen molar-refractivity contribution in [2.45, 2.75) is 6.42 Å². The van der Waals surface area contributed by atoms with Crippen molar-refractivity contribution in [3.63, 3.8) is 0 Å². The summed E-state index contributed by atoms with van der Waals surface area (Å²) >= 11 is 0. The van der Waals surface area contributed by atoms with Gasteiger partial charge in [0.2, 0.25) is 0 Å². The highest BCUT2D eigenvalue weighted by Crippen LogP contribution is 2.18. The molecule has 0 saturated heterocycles. The monoisotopic (exact) mass is 353 g/mol. The molecule has 132 valence electrons. The summed E-state index contributed by atoms with van der Waals surface area (Å²) in [6.07, 6.45) is -0.261. The van der Waals surface area contributed by atoms with E-state index in [9.17, 15) is 22.8 Å². The molecule has 0 fully saturated rings. The average molecular weight is 353 g/mol. The zero-order valence-electron chi connectivity index (χ0n) is 13.1. The summed E-state index contributed by atoms with van der Waals surface area (Å²) in [4.78, 5) is 23.3. The Balaban J connectivity index is 1.86. The zero-order chi connectivity index (χ0) is 18.4. The van der Waals surface area contributed by atoms with E-state index in [1.165, 1.54) is 19.2 Å². The Labute approximate surface area is 141 Å². The van der Waals surface area contributed by atoms with Crippen molar-refractivity contribution >= 4 is 17.6 Å². The van der Waals surface area contributed by atoms with Crippen LogP contribution in [0.25, 0.3) is 0 Å². The summed E-state index contributed by atoms with van der Waals surface area (Å²) in [6.45, 7) is -0.687. The van der Waals surface area contributed by atoms with Crippen LogP contribution >= 0.6 is 0 Å². The molecular formula is C17H14F3NO4. The van der Waals surface area contributed by atoms with E-state index in [4.69, 9.17) is 9.47 Å². The molecule has 0 heterocycles. The van der Waals surface area contributed by atoms with Crippen LogP contribution in [0.4, 0.5) is 18.9 Å². The van der Waals surface area contributed by atoms with Crippen LogP contribution in [0.3, 0.4) is 0 Å². The highest BCUT2D eigenvalue weighted by Gasteiger charge is 2.12. The molecule has 0 atom stereocenters. The van der Waals surface area contributed by atoms with E-state index in [1.54, 1.807) is 0 Å². The fraction of sp³-hybridized carbons (Fsp3) is 0.176. The lowest BCUT2D eigenvalue weighted by atomic mass is 10.1. The van der Waals surface area contributed by atoms with Crippen LogP contribution in [0.2, 0.25) is 0 Å². The largest absolute Gasteiger partial charge is 0.494 e. The van der Waals surface area contributed by atoms with Crippen LogP contribution in [-0.2, 0) is 20.7 Å². The van der Waals surface area contributed by atoms with Crippen LogP contribution in [0.5, 0.6) is 5.75 Å². The number of anilines is 1. The molecule has 2 rings (SSSR count). The Bertz CT molecular complexity index is 795. The maximum absolute atomic E-state index is 13.5. The summed E-state index contributed by atoms with van der Waals surface area (Å²) in [5.74, 6) is -3.76. The highest BCUT2D eigenvalue weighted by molar-refractivity contribution is 5.93. The number of esters is 1. The summed E-state index contributed by atoms with van der Waals surface area (Å²) < 4.78 is 49.4. The number of halogens is 3. The molecule has 0 saturated carbocycles. The second-order valence-electron chi connectivity index (χ2n) is 4.98. The molecule has 0 bridgehead atoms. The Morgan fingerprint density at radius 2 is 1.80 bits per heavy atom. The van der Waals surface area contributed by atoms with Crippen molar-refractivity contribution in [3.05, 3.63) is 59.4 Å². The van der Waals surface area contributed by atoms with Crippen molar-refractivity contribution in [1.29, 1.82) is 0 Å². The van der Waals surface area contributed by atoms with Gasteiger partial charge in [0.25, 0.3) is 5.91 Å². The van der Waals surface area contributed by atoms with Crippen molar-refractivity contribution in [2.24, 2.45) is 0 Å². The number of ether oxygens (including phenoxy) is 2. The summed E-state index contributed by atoms with van der Waals surface area (Å²) in [5, 5.41) is 2.09. The SMILES string of the molecule is COc1ccc(CC(=O)OCC(=O)Nc2cc(F)ccc2F)cc1F. The van der Waals surface area contributed by atoms with Crippen molar-refractivity contribution in [3.8, 4) is 5.75 Å². The van der Waals surface area contributed by atoms with Crippen LogP contribution < -0.4 is 10.1 Å². The summed E-state index contributed by atoms with van der Waals surface area (Å²) in [6, 6.07) is 6.51. The number of amides is 1. The molecule has 0 radical (unpaired) electrons. The predicted molar refractivity (Wildman–Crippen MR) is 82.6 cm³/mol. The number of carbonyl (C=O) groups excluding carboxylic acids is 2. The van der Waals surface area contributed by atoms with Gasteiger partial charge in [0.1, 0.15) is 11.6 Å². The first-order chi connectivity index (χ1) is 11.9. The normalized spacial score (nSPS) is 10.2. The first-order valence-corrected chi connectivity index (χ1v) is 7.12. The third kappa shape index (κ3) is 5.23. The molecule has 1 N–H and O–H groups in total. The van der Waals surface area contributed by atoms with E-state index < -0.39 is 35.9 Å². The summed E-state index contributed by atoms with van der Waals surface area (Å²) in [7, 11) is 1.31. The first kappa shape index (κ1) is 18.3. The van der Waals surface area contributed by atoms with E-state index in [1.807, 2.05) is 0 Å². The third-order valence-electron chi connectivity index (χ3n) is 3.13. The number of nitrogens with one attached hydrogen (secondary N) is 1. The topological polar surface area (TPSA) is 64.6 Å². The molecule has 0 aliphatic carbocycles. The van der Waals surface area contributed by atoms with Crippen molar-refractivity contribution in [1.82, 2.24) is 0 Å². The fourth-order valence-electron chi connectivity index (χ4n) is 1.96. The smallest absolute Gasteiger partial charge is 0.310 e. The van der Waals surface area contributed by atoms with Crippen LogP contribution in [0.15, 0.2) is 36.4 Å². The van der Waals surface area contributed by atoms with E-state index in [2.05, 4.69) is 5.32 Å². The van der Waals surface area contributed by atoms with E-state index in [0.717, 1.165) is 24.3 Å². The van der Waals surface area contributed by atoms with Gasteiger partial charge in [-0.15, -0.1) is 0 Å². The summed E-state index contributed by atoms with van der Waals surface area (Å²) in [5.41, 5.74) is -0.0295. The molecule has 0 spiro atoms. The Kier molecular flexibility index (Phi) is 5.99. The minimum Gasteiger partial charge on any atom is -0.494 e. The maximum atomic E-state index is 13.5. The van der Waals surface area contributed by atoms with Gasteiger partial charge in [-0.3, -0.25) is 9.59 Å². The first-order valence-electron chi connectivity index (χ1n) is 7.12. The van der Waals surface area contributed by atoms with Crippen molar-refractivity contribution in [2.75, 3.05) is 19.0 Å². The zero-order valence-corrected chi connectivity index (χ0v) is 13.1. The lowest BCUT2D eigenvalue weighted by molar-refractivity contribution is -0.146. The second-order valence-corrected chi connectivity index (χ2v) is 4.98. The average Bonchev–Trinajstić information content (AvgIpc) is 2.56. The number of rotatable bonds is 6. The number of benzene rings is 2. The number of hydrogen-bond donors (Lipinski definition) is 1. The second kappa shape index (κ2) is 8.18. The van der Waals surface area contributed by atoms with Crippen LogP contribution in [-0.4, -0.2) is 25.6 Å². The van der Waals surface area contributed by atoms with Gasteiger partial charge in [0.05, 0.1) is 19.2 Å². The Morgan fingerprint density at radius 3 is 2.48 bits per heavy atom. The van der Waals surface area contributed by atoms with E-state index in [0.29, 0.717) is 5.56 Å². The predicted octanol–water partition coefficient (Wildman–Crippen LogP) is 2.84. The Morgan fingerprint density at radius 1 is 1.04 bits per heavy atom. The fourth-order valence-corrected chi connectivity index (χ4v) is 1.96. The molecule has 2 aromatic rings. The molecule has 0 aliphatic heterocycles. The van der Waals surface area contributed by atoms with Gasteiger partial charge in [0, 0.05) is 6.07 Å². The van der Waals surface area contributed by atoms with E-state index in [-0.39, 0.29) is 17.9 Å². The van der Waals surface area contributed by atoms with Gasteiger partial charge < -0.3 is 14.8 Å². The molecule has 5 nitrogen and oxygen atoms in total. The molecule has 0 aliphatic rings. The van der Waals surface area contributed by atoms with Gasteiger partial charge in [-0.1, -0.05) is 6.07 Å². The maximum Gasteiger partial charge on any atom is 0.310 e. The number of methoxy groups -OCH3 is 1. The number of hydrogen-bond acceptors (Lipinski definition) is 4. The molecule has 0 unspecified atom stereocenters. The van der Waals surface area contributed by atoms with E-state index >= 15 is 0 Å². The van der Waals surface area contributed by atoms with Crippen LogP contribution in [0.1, 0.15) is 5.56 Å². The van der Waals surface area contributed by atoms with Gasteiger partial charge in [-0.05, 0) is 29.8 Å². The highest BCUT2D eigenvalue weighted by atomic mass is 19.1. The molecule has 1 amide bonds. The lowest BCUT2D eigenvalue weighted by Crippen LogP contribution is -2.22. The standard InChI is InChI=1S/C17H14F3NO4/c1-24-15-5-2-10(6-13(15)20)7-17(23)25-9-16(22)21-14-8-11(18)3-4-12(14)19/h2-6,8H,7,9H2,1H3,(H,21,22). The van der Waals surface area contributed by atoms with Crippen molar-refractivity contribution < 1.29 is 32.2 Å². The molecule has 2 aromatic carbocycles. The molecule has 0 aromatic heterocycles.